The van der Waals surface area contributed by atoms with E-state index in [1.165, 1.54) is 4.90 Å². The van der Waals surface area contributed by atoms with Gasteiger partial charge in [-0.15, -0.1) is 0 Å². The maximum atomic E-state index is 11.5. The van der Waals surface area contributed by atoms with Crippen LogP contribution in [0.5, 0.6) is 0 Å². The van der Waals surface area contributed by atoms with Crippen LogP contribution in [0.4, 0.5) is 4.79 Å². The van der Waals surface area contributed by atoms with Crippen molar-refractivity contribution in [2.45, 2.75) is 32.4 Å². The van der Waals surface area contributed by atoms with Crippen molar-refractivity contribution >= 4 is 12.0 Å². The molecule has 0 unspecified atom stereocenters. The van der Waals surface area contributed by atoms with Gasteiger partial charge in [-0.2, -0.15) is 0 Å². The normalized spacial score (nSPS) is 20.9. The highest BCUT2D eigenvalue weighted by atomic mass is 16.6. The smallest absolute Gasteiger partial charge is 0.410 e. The Morgan fingerprint density at radius 1 is 1.57 bits per heavy atom. The largest absolute Gasteiger partial charge is 0.444 e. The molecule has 5 nitrogen and oxygen atoms in total. The molecule has 0 aliphatic carbocycles. The number of ether oxygens (including phenoxy) is 1. The first-order chi connectivity index (χ1) is 6.31. The first-order valence-electron chi connectivity index (χ1n) is 4.55. The van der Waals surface area contributed by atoms with Crippen LogP contribution in [0.15, 0.2) is 0 Å². The molecule has 0 radical (unpaired) electrons. The summed E-state index contributed by atoms with van der Waals surface area (Å²) in [6, 6.07) is -0.371. The van der Waals surface area contributed by atoms with Crippen molar-refractivity contribution in [3.63, 3.8) is 0 Å². The molecule has 1 atom stereocenters. The Morgan fingerprint density at radius 3 is 2.43 bits per heavy atom. The van der Waals surface area contributed by atoms with Crippen LogP contribution in [-0.2, 0) is 9.53 Å². The number of likely N-dealkylation sites (N-methyl/N-ethyl adjacent to an activating group) is 1. The molecule has 1 N–H and O–H groups in total. The van der Waals surface area contributed by atoms with Crippen LogP contribution in [0.2, 0.25) is 0 Å². The van der Waals surface area contributed by atoms with Gasteiger partial charge in [0.25, 0.3) is 0 Å². The first kappa shape index (κ1) is 10.8. The number of rotatable bonds is 1. The van der Waals surface area contributed by atoms with Gasteiger partial charge in [0, 0.05) is 13.6 Å². The van der Waals surface area contributed by atoms with E-state index in [0.29, 0.717) is 6.54 Å². The van der Waals surface area contributed by atoms with Gasteiger partial charge >= 0.3 is 6.09 Å². The topological polar surface area (TPSA) is 58.6 Å². The Kier molecular flexibility index (Phi) is 2.69. The van der Waals surface area contributed by atoms with Gasteiger partial charge in [0.1, 0.15) is 11.6 Å². The van der Waals surface area contributed by atoms with E-state index in [1.807, 2.05) is 0 Å². The van der Waals surface area contributed by atoms with Gasteiger partial charge in [0.2, 0.25) is 5.91 Å². The lowest BCUT2D eigenvalue weighted by molar-refractivity contribution is -0.132. The summed E-state index contributed by atoms with van der Waals surface area (Å²) in [6.45, 7) is 5.88. The molecule has 2 amide bonds. The fraction of sp³-hybridized carbons (Fsp3) is 0.778. The highest BCUT2D eigenvalue weighted by molar-refractivity contribution is 5.90. The standard InChI is InChI=1S/C9H16N2O3/c1-9(2,3)14-8(13)11(4)6-5-10-7(6)12/h6H,5H2,1-4H3,(H,10,12)/t6-/m0/s1. The second-order valence-electron chi connectivity index (χ2n) is 4.35. The molecule has 1 aliphatic heterocycles. The van der Waals surface area contributed by atoms with Crippen molar-refractivity contribution < 1.29 is 14.3 Å². The zero-order chi connectivity index (χ0) is 10.9. The molecular formula is C9H16N2O3. The third kappa shape index (κ3) is 2.37. The Balaban J connectivity index is 2.48. The Morgan fingerprint density at radius 2 is 2.14 bits per heavy atom. The lowest BCUT2D eigenvalue weighted by Crippen LogP contribution is -2.62. The summed E-state index contributed by atoms with van der Waals surface area (Å²) in [7, 11) is 1.57. The minimum Gasteiger partial charge on any atom is -0.444 e. The number of carbonyl (C=O) groups excluding carboxylic acids is 2. The minimum atomic E-state index is -0.522. The number of nitrogens with zero attached hydrogens (tertiary/aromatic N) is 1. The van der Waals surface area contributed by atoms with Crippen LogP contribution < -0.4 is 5.32 Å². The van der Waals surface area contributed by atoms with E-state index in [2.05, 4.69) is 5.32 Å². The molecule has 0 aromatic rings. The highest BCUT2D eigenvalue weighted by Crippen LogP contribution is 2.12. The Hall–Kier alpha value is -1.26. The molecule has 0 bridgehead atoms. The summed E-state index contributed by atoms with van der Waals surface area (Å²) in [4.78, 5) is 23.8. The van der Waals surface area contributed by atoms with Crippen molar-refractivity contribution in [3.8, 4) is 0 Å². The third-order valence-electron chi connectivity index (χ3n) is 1.92. The molecule has 14 heavy (non-hydrogen) atoms. The number of β-lactam (4-membered cyclic amide) rings is 1. The van der Waals surface area contributed by atoms with Crippen molar-refractivity contribution in [2.75, 3.05) is 13.6 Å². The summed E-state index contributed by atoms with van der Waals surface area (Å²) in [5, 5.41) is 2.57. The summed E-state index contributed by atoms with van der Waals surface area (Å²) in [5.74, 6) is -0.127. The Labute approximate surface area is 83.4 Å². The molecule has 1 fully saturated rings. The Bertz CT molecular complexity index is 257. The number of carbonyl (C=O) groups is 2. The highest BCUT2D eigenvalue weighted by Gasteiger charge is 2.35. The molecule has 0 saturated carbocycles. The van der Waals surface area contributed by atoms with Crippen molar-refractivity contribution in [1.29, 1.82) is 0 Å². The average molecular weight is 200 g/mol. The van der Waals surface area contributed by atoms with Gasteiger partial charge in [0.15, 0.2) is 0 Å². The van der Waals surface area contributed by atoms with Crippen LogP contribution in [0.25, 0.3) is 0 Å². The fourth-order valence-electron chi connectivity index (χ4n) is 1.05. The quantitative estimate of drug-likeness (QED) is 0.621. The molecule has 0 aromatic heterocycles. The predicted octanol–water partition coefficient (Wildman–Crippen LogP) is 0.352. The van der Waals surface area contributed by atoms with Crippen LogP contribution in [0.1, 0.15) is 20.8 Å². The van der Waals surface area contributed by atoms with Crippen LogP contribution in [0, 0.1) is 0 Å². The molecule has 1 saturated heterocycles. The zero-order valence-corrected chi connectivity index (χ0v) is 8.96. The molecule has 1 heterocycles. The molecule has 80 valence electrons. The minimum absolute atomic E-state index is 0.127. The summed E-state index contributed by atoms with van der Waals surface area (Å²) in [6.07, 6.45) is -0.461. The second kappa shape index (κ2) is 3.48. The SMILES string of the molecule is CN(C(=O)OC(C)(C)C)[C@H]1CNC1=O. The molecule has 1 aliphatic rings. The van der Waals surface area contributed by atoms with Gasteiger partial charge in [0.05, 0.1) is 0 Å². The van der Waals surface area contributed by atoms with E-state index in [1.54, 1.807) is 27.8 Å². The van der Waals surface area contributed by atoms with Gasteiger partial charge in [-0.3, -0.25) is 9.69 Å². The molecule has 1 rings (SSSR count). The van der Waals surface area contributed by atoms with E-state index in [-0.39, 0.29) is 11.9 Å². The van der Waals surface area contributed by atoms with Crippen LogP contribution >= 0.6 is 0 Å². The van der Waals surface area contributed by atoms with Gasteiger partial charge < -0.3 is 10.1 Å². The number of hydrogen-bond donors (Lipinski definition) is 1. The van der Waals surface area contributed by atoms with E-state index >= 15 is 0 Å². The van der Waals surface area contributed by atoms with Crippen LogP contribution in [0.3, 0.4) is 0 Å². The molecule has 5 heteroatoms. The predicted molar refractivity (Wildman–Crippen MR) is 50.8 cm³/mol. The average Bonchev–Trinajstić information content (AvgIpc) is 1.98. The lowest BCUT2D eigenvalue weighted by Gasteiger charge is -2.35. The van der Waals surface area contributed by atoms with Gasteiger partial charge in [-0.1, -0.05) is 0 Å². The monoisotopic (exact) mass is 200 g/mol. The summed E-state index contributed by atoms with van der Waals surface area (Å²) >= 11 is 0. The first-order valence-corrected chi connectivity index (χ1v) is 4.55. The van der Waals surface area contributed by atoms with Gasteiger partial charge in [-0.05, 0) is 20.8 Å². The molecular weight excluding hydrogens is 184 g/mol. The summed E-state index contributed by atoms with van der Waals surface area (Å²) < 4.78 is 5.11. The van der Waals surface area contributed by atoms with Crippen molar-refractivity contribution in [3.05, 3.63) is 0 Å². The number of nitrogens with one attached hydrogen (secondary N) is 1. The number of hydrogen-bond acceptors (Lipinski definition) is 3. The molecule has 0 spiro atoms. The van der Waals surface area contributed by atoms with E-state index in [0.717, 1.165) is 0 Å². The van der Waals surface area contributed by atoms with E-state index in [4.69, 9.17) is 4.74 Å². The van der Waals surface area contributed by atoms with E-state index in [9.17, 15) is 9.59 Å². The lowest BCUT2D eigenvalue weighted by atomic mass is 10.1. The van der Waals surface area contributed by atoms with Gasteiger partial charge in [-0.25, -0.2) is 4.79 Å². The van der Waals surface area contributed by atoms with E-state index < -0.39 is 11.7 Å². The third-order valence-corrected chi connectivity index (χ3v) is 1.92. The maximum Gasteiger partial charge on any atom is 0.410 e. The number of amides is 2. The zero-order valence-electron chi connectivity index (χ0n) is 8.96. The maximum absolute atomic E-state index is 11.5. The van der Waals surface area contributed by atoms with Crippen molar-refractivity contribution in [1.82, 2.24) is 10.2 Å². The summed E-state index contributed by atoms with van der Waals surface area (Å²) in [5.41, 5.74) is -0.522. The van der Waals surface area contributed by atoms with Crippen molar-refractivity contribution in [2.24, 2.45) is 0 Å². The fourth-order valence-corrected chi connectivity index (χ4v) is 1.05. The van der Waals surface area contributed by atoms with Crippen LogP contribution in [-0.4, -0.2) is 42.1 Å². The second-order valence-corrected chi connectivity index (χ2v) is 4.35. The molecule has 0 aromatic carbocycles.